The summed E-state index contributed by atoms with van der Waals surface area (Å²) in [6, 6.07) is 0. The maximum absolute atomic E-state index is 12.3. The average Bonchev–Trinajstić information content (AvgIpc) is 2.98. The number of carbonyl (C=O) groups excluding carboxylic acids is 2. The molecule has 2 N–H and O–H groups in total. The fourth-order valence-corrected chi connectivity index (χ4v) is 4.98. The zero-order chi connectivity index (χ0) is 32.6. The molecule has 256 valence electrons. The SMILES string of the molecule is CC/C=C\C/C=C\C/C=C\CCCCCCCC(=O)OC(COC(=O)CCCCCCCCCCCCC)COP(=O)(O)O. The van der Waals surface area contributed by atoms with Gasteiger partial charge in [-0.25, -0.2) is 4.57 Å². The predicted octanol–water partition coefficient (Wildman–Crippen LogP) is 9.84. The van der Waals surface area contributed by atoms with E-state index in [9.17, 15) is 14.2 Å². The van der Waals surface area contributed by atoms with E-state index >= 15 is 0 Å². The molecule has 44 heavy (non-hydrogen) atoms. The molecule has 0 radical (unpaired) electrons. The Morgan fingerprint density at radius 1 is 0.614 bits per heavy atom. The van der Waals surface area contributed by atoms with Crippen LogP contribution in [-0.2, 0) is 28.2 Å². The van der Waals surface area contributed by atoms with Crippen molar-refractivity contribution in [2.75, 3.05) is 13.2 Å². The Bertz CT molecular complexity index is 818. The number of ether oxygens (including phenoxy) is 2. The maximum atomic E-state index is 12.3. The van der Waals surface area contributed by atoms with E-state index in [0.29, 0.717) is 6.42 Å². The minimum absolute atomic E-state index is 0.193. The van der Waals surface area contributed by atoms with Gasteiger partial charge in [0.15, 0.2) is 6.10 Å². The Morgan fingerprint density at radius 2 is 1.09 bits per heavy atom. The highest BCUT2D eigenvalue weighted by Crippen LogP contribution is 2.35. The van der Waals surface area contributed by atoms with Gasteiger partial charge in [-0.1, -0.05) is 134 Å². The number of unbranched alkanes of at least 4 members (excludes halogenated alkanes) is 15. The van der Waals surface area contributed by atoms with Crippen LogP contribution in [0.2, 0.25) is 0 Å². The van der Waals surface area contributed by atoms with Crippen molar-refractivity contribution in [2.24, 2.45) is 0 Å². The molecule has 1 atom stereocenters. The van der Waals surface area contributed by atoms with Crippen LogP contribution in [0.5, 0.6) is 0 Å². The fraction of sp³-hybridized carbons (Fsp3) is 0.771. The lowest BCUT2D eigenvalue weighted by Gasteiger charge is -2.18. The molecule has 0 aliphatic carbocycles. The monoisotopic (exact) mass is 642 g/mol. The third-order valence-electron chi connectivity index (χ3n) is 7.17. The van der Waals surface area contributed by atoms with Gasteiger partial charge in [-0.3, -0.25) is 14.1 Å². The van der Waals surface area contributed by atoms with Crippen LogP contribution in [0, 0.1) is 0 Å². The van der Waals surface area contributed by atoms with E-state index in [1.807, 2.05) is 0 Å². The summed E-state index contributed by atoms with van der Waals surface area (Å²) in [5, 5.41) is 0. The second kappa shape index (κ2) is 31.3. The van der Waals surface area contributed by atoms with Gasteiger partial charge in [-0.05, 0) is 44.9 Å². The van der Waals surface area contributed by atoms with Crippen LogP contribution < -0.4 is 0 Å². The predicted molar refractivity (Wildman–Crippen MR) is 179 cm³/mol. The molecule has 0 aromatic heterocycles. The first kappa shape index (κ1) is 42.3. The first-order valence-corrected chi connectivity index (χ1v) is 18.8. The Labute approximate surface area is 268 Å². The number of carbonyl (C=O) groups is 2. The van der Waals surface area contributed by atoms with E-state index < -0.39 is 32.5 Å². The van der Waals surface area contributed by atoms with Crippen LogP contribution in [0.3, 0.4) is 0 Å². The second-order valence-electron chi connectivity index (χ2n) is 11.5. The maximum Gasteiger partial charge on any atom is 0.469 e. The number of esters is 2. The highest BCUT2D eigenvalue weighted by Gasteiger charge is 2.22. The van der Waals surface area contributed by atoms with Crippen molar-refractivity contribution in [1.29, 1.82) is 0 Å². The Morgan fingerprint density at radius 3 is 1.64 bits per heavy atom. The summed E-state index contributed by atoms with van der Waals surface area (Å²) in [5.41, 5.74) is 0. The Hall–Kier alpha value is -1.73. The van der Waals surface area contributed by atoms with Crippen molar-refractivity contribution in [3.05, 3.63) is 36.5 Å². The molecule has 0 saturated carbocycles. The first-order chi connectivity index (χ1) is 21.3. The van der Waals surface area contributed by atoms with E-state index in [-0.39, 0.29) is 19.4 Å². The lowest BCUT2D eigenvalue weighted by Crippen LogP contribution is -2.29. The van der Waals surface area contributed by atoms with E-state index in [0.717, 1.165) is 70.6 Å². The molecule has 0 aliphatic rings. The number of phosphoric ester groups is 1. The number of hydrogen-bond acceptors (Lipinski definition) is 6. The average molecular weight is 643 g/mol. The number of hydrogen-bond donors (Lipinski definition) is 2. The van der Waals surface area contributed by atoms with Crippen molar-refractivity contribution in [3.8, 4) is 0 Å². The number of allylic oxidation sites excluding steroid dienone is 6. The van der Waals surface area contributed by atoms with Gasteiger partial charge in [-0.15, -0.1) is 0 Å². The van der Waals surface area contributed by atoms with E-state index in [1.165, 1.54) is 51.4 Å². The highest BCUT2D eigenvalue weighted by molar-refractivity contribution is 7.46. The zero-order valence-corrected chi connectivity index (χ0v) is 28.7. The van der Waals surface area contributed by atoms with Crippen LogP contribution in [0.25, 0.3) is 0 Å². The van der Waals surface area contributed by atoms with Gasteiger partial charge in [0.1, 0.15) is 6.61 Å². The van der Waals surface area contributed by atoms with Crippen LogP contribution in [0.1, 0.15) is 155 Å². The smallest absolute Gasteiger partial charge is 0.462 e. The Kier molecular flexibility index (Phi) is 30.0. The molecule has 0 rings (SSSR count). The molecule has 0 aliphatic heterocycles. The van der Waals surface area contributed by atoms with Crippen LogP contribution in [0.15, 0.2) is 36.5 Å². The number of phosphoric acid groups is 1. The molecule has 0 bridgehead atoms. The van der Waals surface area contributed by atoms with Gasteiger partial charge in [0.05, 0.1) is 6.61 Å². The third-order valence-corrected chi connectivity index (χ3v) is 7.66. The summed E-state index contributed by atoms with van der Waals surface area (Å²) in [6.45, 7) is 3.53. The minimum atomic E-state index is -4.75. The molecule has 0 spiro atoms. The van der Waals surface area contributed by atoms with Crippen molar-refractivity contribution < 1.29 is 37.9 Å². The largest absolute Gasteiger partial charge is 0.469 e. The lowest BCUT2D eigenvalue weighted by molar-refractivity contribution is -0.161. The van der Waals surface area contributed by atoms with Gasteiger partial charge in [0.2, 0.25) is 0 Å². The van der Waals surface area contributed by atoms with Crippen LogP contribution >= 0.6 is 7.82 Å². The zero-order valence-electron chi connectivity index (χ0n) is 27.8. The van der Waals surface area contributed by atoms with Gasteiger partial charge in [0.25, 0.3) is 0 Å². The molecule has 9 heteroatoms. The van der Waals surface area contributed by atoms with Crippen molar-refractivity contribution in [2.45, 2.75) is 161 Å². The lowest BCUT2D eigenvalue weighted by atomic mass is 10.1. The molecular formula is C35H63O8P. The summed E-state index contributed by atoms with van der Waals surface area (Å²) in [5.74, 6) is -0.906. The molecule has 0 amide bonds. The standard InChI is InChI=1S/C35H63O8P/c1-3-5-7-9-11-13-15-16-17-18-20-22-24-26-28-30-35(37)43-33(32-42-44(38,39)40)31-41-34(36)29-27-25-23-21-19-14-12-10-8-6-4-2/h5,7,11,13,16-17,33H,3-4,6,8-10,12,14-15,18-32H2,1-2H3,(H2,38,39,40)/b7-5-,13-11-,17-16-. The van der Waals surface area contributed by atoms with E-state index in [4.69, 9.17) is 19.3 Å². The topological polar surface area (TPSA) is 119 Å². The van der Waals surface area contributed by atoms with Crippen molar-refractivity contribution >= 4 is 19.8 Å². The van der Waals surface area contributed by atoms with Crippen LogP contribution in [-0.4, -0.2) is 41.0 Å². The summed E-state index contributed by atoms with van der Waals surface area (Å²) < 4.78 is 26.2. The normalized spacial score (nSPS) is 12.9. The molecule has 0 saturated heterocycles. The summed E-state index contributed by atoms with van der Waals surface area (Å²) >= 11 is 0. The molecule has 0 aromatic rings. The van der Waals surface area contributed by atoms with Crippen molar-refractivity contribution in [1.82, 2.24) is 0 Å². The van der Waals surface area contributed by atoms with E-state index in [1.54, 1.807) is 0 Å². The van der Waals surface area contributed by atoms with Gasteiger partial charge >= 0.3 is 19.8 Å². The Balaban J connectivity index is 4.04. The summed E-state index contributed by atoms with van der Waals surface area (Å²) in [7, 11) is -4.75. The molecular weight excluding hydrogens is 579 g/mol. The second-order valence-corrected chi connectivity index (χ2v) is 12.7. The number of rotatable bonds is 31. The van der Waals surface area contributed by atoms with Crippen LogP contribution in [0.4, 0.5) is 0 Å². The molecule has 1 unspecified atom stereocenters. The third kappa shape index (κ3) is 33.2. The molecule has 8 nitrogen and oxygen atoms in total. The summed E-state index contributed by atoms with van der Waals surface area (Å²) in [6.07, 6.45) is 34.4. The molecule has 0 fully saturated rings. The fourth-order valence-electron chi connectivity index (χ4n) is 4.62. The van der Waals surface area contributed by atoms with Crippen molar-refractivity contribution in [3.63, 3.8) is 0 Å². The van der Waals surface area contributed by atoms with Gasteiger partial charge in [0, 0.05) is 12.8 Å². The molecule has 0 heterocycles. The highest BCUT2D eigenvalue weighted by atomic mass is 31.2. The van der Waals surface area contributed by atoms with Gasteiger partial charge in [-0.2, -0.15) is 0 Å². The minimum Gasteiger partial charge on any atom is -0.462 e. The van der Waals surface area contributed by atoms with Gasteiger partial charge < -0.3 is 19.3 Å². The molecule has 0 aromatic carbocycles. The first-order valence-electron chi connectivity index (χ1n) is 17.3. The summed E-state index contributed by atoms with van der Waals surface area (Å²) in [4.78, 5) is 42.5. The van der Waals surface area contributed by atoms with E-state index in [2.05, 4.69) is 54.8 Å². The quantitative estimate of drug-likeness (QED) is 0.0332.